The molecule has 0 saturated carbocycles. The van der Waals surface area contributed by atoms with Gasteiger partial charge in [-0.2, -0.15) is 0 Å². The summed E-state index contributed by atoms with van der Waals surface area (Å²) < 4.78 is 13.5. The zero-order valence-corrected chi connectivity index (χ0v) is 11.1. The zero-order chi connectivity index (χ0) is 12.4. The number of benzene rings is 1. The number of anilines is 1. The van der Waals surface area contributed by atoms with E-state index in [-0.39, 0.29) is 11.9 Å². The maximum absolute atomic E-state index is 13.5. The molecule has 0 fully saturated rings. The van der Waals surface area contributed by atoms with E-state index in [0.717, 1.165) is 0 Å². The summed E-state index contributed by atoms with van der Waals surface area (Å²) in [4.78, 5) is 2.58. The number of para-hydroxylation sites is 1. The fourth-order valence-corrected chi connectivity index (χ4v) is 2.99. The van der Waals surface area contributed by atoms with Crippen molar-refractivity contribution in [1.29, 1.82) is 0 Å². The van der Waals surface area contributed by atoms with Crippen molar-refractivity contribution < 1.29 is 4.39 Å². The predicted molar refractivity (Wildman–Crippen MR) is 72.2 cm³/mol. The van der Waals surface area contributed by atoms with Crippen LogP contribution in [0.2, 0.25) is 0 Å². The molecule has 0 aliphatic rings. The normalized spacial score (nSPS) is 12.5. The van der Waals surface area contributed by atoms with Crippen LogP contribution in [0.3, 0.4) is 0 Å². The molecule has 0 saturated heterocycles. The highest BCUT2D eigenvalue weighted by Crippen LogP contribution is 2.29. The third-order valence-electron chi connectivity index (χ3n) is 2.79. The molecule has 3 heteroatoms. The minimum absolute atomic E-state index is 0.122. The molecule has 2 rings (SSSR count). The molecule has 0 amide bonds. The third-order valence-corrected chi connectivity index (χ3v) is 3.77. The van der Waals surface area contributed by atoms with E-state index >= 15 is 0 Å². The number of hydrogen-bond acceptors (Lipinski definition) is 2. The average Bonchev–Trinajstić information content (AvgIpc) is 2.61. The van der Waals surface area contributed by atoms with Crippen molar-refractivity contribution in [3.63, 3.8) is 0 Å². The summed E-state index contributed by atoms with van der Waals surface area (Å²) in [6.45, 7) is 6.25. The first-order valence-corrected chi connectivity index (χ1v) is 6.47. The first-order valence-electron chi connectivity index (χ1n) is 5.66. The Labute approximate surface area is 105 Å². The van der Waals surface area contributed by atoms with Gasteiger partial charge in [-0.15, -0.1) is 11.3 Å². The van der Waals surface area contributed by atoms with Gasteiger partial charge >= 0.3 is 0 Å². The number of aryl methyl sites for hydroxylation is 2. The van der Waals surface area contributed by atoms with Gasteiger partial charge in [0.2, 0.25) is 0 Å². The van der Waals surface area contributed by atoms with Crippen LogP contribution in [0.4, 0.5) is 10.1 Å². The Kier molecular flexibility index (Phi) is 3.48. The fraction of sp³-hybridized carbons (Fsp3) is 0.286. The van der Waals surface area contributed by atoms with Gasteiger partial charge in [0.25, 0.3) is 0 Å². The molecule has 0 bridgehead atoms. The maximum Gasteiger partial charge on any atom is 0.146 e. The zero-order valence-electron chi connectivity index (χ0n) is 10.3. The minimum atomic E-state index is -0.205. The van der Waals surface area contributed by atoms with E-state index in [4.69, 9.17) is 0 Å². The second-order valence-corrected chi connectivity index (χ2v) is 5.67. The van der Waals surface area contributed by atoms with Crippen LogP contribution in [0.25, 0.3) is 0 Å². The van der Waals surface area contributed by atoms with Crippen molar-refractivity contribution in [1.82, 2.24) is 0 Å². The molecule has 1 N–H and O–H groups in total. The van der Waals surface area contributed by atoms with Crippen molar-refractivity contribution in [2.24, 2.45) is 0 Å². The average molecular weight is 249 g/mol. The van der Waals surface area contributed by atoms with Crippen LogP contribution >= 0.6 is 11.3 Å². The second-order valence-electron chi connectivity index (χ2n) is 4.21. The van der Waals surface area contributed by atoms with Gasteiger partial charge in [0, 0.05) is 15.8 Å². The Morgan fingerprint density at radius 2 is 1.94 bits per heavy atom. The standard InChI is InChI=1S/C14H16FNS/c1-9-8-12(11(3)17-9)10(2)16-14-7-5-4-6-13(14)15/h4-8,10,16H,1-3H3. The number of halogens is 1. The van der Waals surface area contributed by atoms with Crippen molar-refractivity contribution in [3.05, 3.63) is 51.5 Å². The molecular weight excluding hydrogens is 233 g/mol. The molecule has 0 spiro atoms. The molecule has 1 aromatic carbocycles. The summed E-state index contributed by atoms with van der Waals surface area (Å²) in [5.41, 5.74) is 1.80. The first-order chi connectivity index (χ1) is 8.08. The minimum Gasteiger partial charge on any atom is -0.376 e. The van der Waals surface area contributed by atoms with E-state index in [1.807, 2.05) is 6.07 Å². The number of rotatable bonds is 3. The van der Waals surface area contributed by atoms with Gasteiger partial charge in [-0.05, 0) is 44.5 Å². The van der Waals surface area contributed by atoms with Gasteiger partial charge in [-0.3, -0.25) is 0 Å². The van der Waals surface area contributed by atoms with Gasteiger partial charge in [0.1, 0.15) is 5.82 Å². The highest BCUT2D eigenvalue weighted by Gasteiger charge is 2.12. The molecule has 1 unspecified atom stereocenters. The summed E-state index contributed by atoms with van der Waals surface area (Å²) in [6.07, 6.45) is 0. The third kappa shape index (κ3) is 2.67. The molecule has 1 aromatic heterocycles. The Balaban J connectivity index is 2.20. The monoisotopic (exact) mass is 249 g/mol. The Morgan fingerprint density at radius 3 is 2.53 bits per heavy atom. The van der Waals surface area contributed by atoms with Crippen LogP contribution in [-0.4, -0.2) is 0 Å². The van der Waals surface area contributed by atoms with Crippen LogP contribution in [0.1, 0.15) is 28.3 Å². The van der Waals surface area contributed by atoms with E-state index in [9.17, 15) is 4.39 Å². The van der Waals surface area contributed by atoms with Crippen molar-refractivity contribution in [2.45, 2.75) is 26.8 Å². The Bertz CT molecular complexity index is 519. The SMILES string of the molecule is Cc1cc(C(C)Nc2ccccc2F)c(C)s1. The molecular formula is C14H16FNS. The van der Waals surface area contributed by atoms with Crippen LogP contribution in [0.15, 0.2) is 30.3 Å². The molecule has 17 heavy (non-hydrogen) atoms. The van der Waals surface area contributed by atoms with Crippen molar-refractivity contribution in [3.8, 4) is 0 Å². The molecule has 2 aromatic rings. The van der Waals surface area contributed by atoms with E-state index < -0.39 is 0 Å². The lowest BCUT2D eigenvalue weighted by Crippen LogP contribution is -2.07. The number of hydrogen-bond donors (Lipinski definition) is 1. The van der Waals surface area contributed by atoms with Crippen LogP contribution in [-0.2, 0) is 0 Å². The molecule has 90 valence electrons. The molecule has 0 aliphatic carbocycles. The van der Waals surface area contributed by atoms with E-state index in [0.29, 0.717) is 5.69 Å². The first kappa shape index (κ1) is 12.1. The summed E-state index contributed by atoms with van der Waals surface area (Å²) >= 11 is 1.78. The molecule has 1 atom stereocenters. The summed E-state index contributed by atoms with van der Waals surface area (Å²) in [7, 11) is 0. The number of thiophene rings is 1. The lowest BCUT2D eigenvalue weighted by molar-refractivity contribution is 0.627. The van der Waals surface area contributed by atoms with Gasteiger partial charge in [0.15, 0.2) is 0 Å². The lowest BCUT2D eigenvalue weighted by atomic mass is 10.1. The quantitative estimate of drug-likeness (QED) is 0.833. The second kappa shape index (κ2) is 4.88. The van der Waals surface area contributed by atoms with Gasteiger partial charge in [0.05, 0.1) is 5.69 Å². The van der Waals surface area contributed by atoms with E-state index in [2.05, 4.69) is 32.2 Å². The summed E-state index contributed by atoms with van der Waals surface area (Å²) in [5, 5.41) is 3.21. The largest absolute Gasteiger partial charge is 0.376 e. The van der Waals surface area contributed by atoms with E-state index in [1.54, 1.807) is 23.5 Å². The molecule has 0 aliphatic heterocycles. The van der Waals surface area contributed by atoms with E-state index in [1.165, 1.54) is 21.4 Å². The lowest BCUT2D eigenvalue weighted by Gasteiger charge is -2.15. The predicted octanol–water partition coefficient (Wildman–Crippen LogP) is 4.68. The van der Waals surface area contributed by atoms with Gasteiger partial charge in [-0.25, -0.2) is 4.39 Å². The number of nitrogens with one attached hydrogen (secondary N) is 1. The summed E-state index contributed by atoms with van der Waals surface area (Å²) in [6, 6.07) is 9.06. The van der Waals surface area contributed by atoms with Crippen LogP contribution in [0.5, 0.6) is 0 Å². The molecule has 1 heterocycles. The smallest absolute Gasteiger partial charge is 0.146 e. The highest BCUT2D eigenvalue weighted by molar-refractivity contribution is 7.12. The molecule has 0 radical (unpaired) electrons. The topological polar surface area (TPSA) is 12.0 Å². The van der Waals surface area contributed by atoms with Gasteiger partial charge in [-0.1, -0.05) is 12.1 Å². The fourth-order valence-electron chi connectivity index (χ4n) is 1.97. The molecule has 1 nitrogen and oxygen atoms in total. The van der Waals surface area contributed by atoms with Crippen molar-refractivity contribution >= 4 is 17.0 Å². The Morgan fingerprint density at radius 1 is 1.24 bits per heavy atom. The van der Waals surface area contributed by atoms with Crippen LogP contribution < -0.4 is 5.32 Å². The summed E-state index contributed by atoms with van der Waals surface area (Å²) in [5.74, 6) is -0.205. The maximum atomic E-state index is 13.5. The Hall–Kier alpha value is -1.35. The van der Waals surface area contributed by atoms with Crippen LogP contribution in [0, 0.1) is 19.7 Å². The highest BCUT2D eigenvalue weighted by atomic mass is 32.1. The van der Waals surface area contributed by atoms with Gasteiger partial charge < -0.3 is 5.32 Å². The van der Waals surface area contributed by atoms with Crippen molar-refractivity contribution in [2.75, 3.05) is 5.32 Å².